The Morgan fingerprint density at radius 1 is 1.08 bits per heavy atom. The molecule has 0 amide bonds. The van der Waals surface area contributed by atoms with Gasteiger partial charge in [0.15, 0.2) is 5.11 Å². The molecule has 182 valence electrons. The SMILES string of the molecule is Cc1ccc(C(=O)O)cc1-n1c(C)cc([C@H]2[C@H](c3ccccn3)NC(=S)N2Cc2cccnc2)c1C. The Balaban J connectivity index is 1.64. The first-order valence-electron chi connectivity index (χ1n) is 11.7. The molecule has 1 saturated heterocycles. The van der Waals surface area contributed by atoms with Gasteiger partial charge in [-0.3, -0.25) is 9.97 Å². The van der Waals surface area contributed by atoms with Gasteiger partial charge in [-0.25, -0.2) is 4.79 Å². The van der Waals surface area contributed by atoms with Crippen LogP contribution in [0.15, 0.2) is 73.2 Å². The third-order valence-corrected chi connectivity index (χ3v) is 7.11. The number of aromatic carboxylic acids is 1. The number of thiocarbonyl (C=S) groups is 1. The molecule has 1 aliphatic rings. The Morgan fingerprint density at radius 2 is 1.92 bits per heavy atom. The highest BCUT2D eigenvalue weighted by molar-refractivity contribution is 7.80. The molecule has 0 spiro atoms. The summed E-state index contributed by atoms with van der Waals surface area (Å²) in [6.07, 6.45) is 5.42. The van der Waals surface area contributed by atoms with Crippen molar-refractivity contribution in [3.05, 3.63) is 113 Å². The van der Waals surface area contributed by atoms with E-state index in [0.29, 0.717) is 11.7 Å². The van der Waals surface area contributed by atoms with E-state index < -0.39 is 5.97 Å². The highest BCUT2D eigenvalue weighted by Gasteiger charge is 2.41. The van der Waals surface area contributed by atoms with Crippen LogP contribution >= 0.6 is 12.2 Å². The highest BCUT2D eigenvalue weighted by atomic mass is 32.1. The van der Waals surface area contributed by atoms with Gasteiger partial charge in [0.1, 0.15) is 0 Å². The summed E-state index contributed by atoms with van der Waals surface area (Å²) in [5.74, 6) is -0.942. The summed E-state index contributed by atoms with van der Waals surface area (Å²) in [6.45, 7) is 6.72. The molecule has 4 heterocycles. The van der Waals surface area contributed by atoms with Crippen molar-refractivity contribution < 1.29 is 9.90 Å². The minimum atomic E-state index is -0.942. The number of hydrogen-bond acceptors (Lipinski definition) is 4. The molecule has 4 aromatic rings. The largest absolute Gasteiger partial charge is 0.478 e. The van der Waals surface area contributed by atoms with E-state index in [-0.39, 0.29) is 17.6 Å². The van der Waals surface area contributed by atoms with Gasteiger partial charge in [-0.15, -0.1) is 0 Å². The summed E-state index contributed by atoms with van der Waals surface area (Å²) in [5.41, 5.74) is 7.26. The molecule has 1 aromatic carbocycles. The molecule has 0 bridgehead atoms. The van der Waals surface area contributed by atoms with E-state index in [1.807, 2.05) is 56.4 Å². The molecule has 0 radical (unpaired) electrons. The smallest absolute Gasteiger partial charge is 0.335 e. The van der Waals surface area contributed by atoms with Crippen LogP contribution in [0.25, 0.3) is 5.69 Å². The lowest BCUT2D eigenvalue weighted by atomic mass is 9.96. The number of hydrogen-bond donors (Lipinski definition) is 2. The molecule has 8 heteroatoms. The van der Waals surface area contributed by atoms with Crippen LogP contribution in [0.4, 0.5) is 0 Å². The zero-order chi connectivity index (χ0) is 25.4. The van der Waals surface area contributed by atoms with Crippen molar-refractivity contribution in [3.8, 4) is 5.69 Å². The van der Waals surface area contributed by atoms with Crippen LogP contribution in [0, 0.1) is 20.8 Å². The van der Waals surface area contributed by atoms with Crippen molar-refractivity contribution in [2.24, 2.45) is 0 Å². The Hall–Kier alpha value is -4.04. The summed E-state index contributed by atoms with van der Waals surface area (Å²) in [7, 11) is 0. The second kappa shape index (κ2) is 9.54. The molecular formula is C28H27N5O2S. The second-order valence-electron chi connectivity index (χ2n) is 9.08. The minimum absolute atomic E-state index is 0.115. The summed E-state index contributed by atoms with van der Waals surface area (Å²) >= 11 is 5.83. The predicted molar refractivity (Wildman–Crippen MR) is 142 cm³/mol. The van der Waals surface area contributed by atoms with Gasteiger partial charge in [-0.05, 0) is 86.1 Å². The maximum absolute atomic E-state index is 11.7. The van der Waals surface area contributed by atoms with Gasteiger partial charge < -0.3 is 19.9 Å². The van der Waals surface area contributed by atoms with Gasteiger partial charge in [0, 0.05) is 42.2 Å². The van der Waals surface area contributed by atoms with Crippen molar-refractivity contribution in [2.45, 2.75) is 39.4 Å². The van der Waals surface area contributed by atoms with Gasteiger partial charge in [0.2, 0.25) is 0 Å². The normalized spacial score (nSPS) is 17.3. The van der Waals surface area contributed by atoms with Crippen molar-refractivity contribution in [3.63, 3.8) is 0 Å². The lowest BCUT2D eigenvalue weighted by Crippen LogP contribution is -2.29. The Labute approximate surface area is 215 Å². The number of aromatic nitrogens is 3. The molecule has 1 fully saturated rings. The van der Waals surface area contributed by atoms with Gasteiger partial charge in [-0.2, -0.15) is 0 Å². The van der Waals surface area contributed by atoms with Gasteiger partial charge in [0.25, 0.3) is 0 Å². The van der Waals surface area contributed by atoms with Gasteiger partial charge >= 0.3 is 5.97 Å². The number of aryl methyl sites for hydroxylation is 2. The minimum Gasteiger partial charge on any atom is -0.478 e. The van der Waals surface area contributed by atoms with E-state index >= 15 is 0 Å². The molecule has 2 atom stereocenters. The molecule has 3 aromatic heterocycles. The zero-order valence-corrected chi connectivity index (χ0v) is 21.2. The second-order valence-corrected chi connectivity index (χ2v) is 9.47. The van der Waals surface area contributed by atoms with Crippen LogP contribution in [-0.2, 0) is 6.54 Å². The average Bonchev–Trinajstić information content (AvgIpc) is 3.35. The zero-order valence-electron chi connectivity index (χ0n) is 20.3. The van der Waals surface area contributed by atoms with E-state index in [0.717, 1.165) is 39.5 Å². The highest BCUT2D eigenvalue weighted by Crippen LogP contribution is 2.42. The molecule has 0 unspecified atom stereocenters. The molecule has 0 saturated carbocycles. The standard InChI is InChI=1S/C28H27N5O2S/c1-17-9-10-21(27(34)35)14-24(17)33-18(2)13-22(19(33)3)26-25(23-8-4-5-12-30-23)31-28(36)32(26)16-20-7-6-11-29-15-20/h4-15,25-26H,16H2,1-3H3,(H,31,36)(H,34,35)/t25-,26-/m0/s1. The van der Waals surface area contributed by atoms with Crippen molar-refractivity contribution >= 4 is 23.3 Å². The molecule has 0 aliphatic carbocycles. The van der Waals surface area contributed by atoms with Crippen LogP contribution in [0.5, 0.6) is 0 Å². The van der Waals surface area contributed by atoms with Crippen LogP contribution in [0.1, 0.15) is 56.2 Å². The monoisotopic (exact) mass is 497 g/mol. The molecule has 2 N–H and O–H groups in total. The number of nitrogens with one attached hydrogen (secondary N) is 1. The summed E-state index contributed by atoms with van der Waals surface area (Å²) in [6, 6.07) is 17.0. The first kappa shape index (κ1) is 23.7. The average molecular weight is 498 g/mol. The molecule has 1 aliphatic heterocycles. The van der Waals surface area contributed by atoms with Crippen LogP contribution in [0.3, 0.4) is 0 Å². The number of carboxylic acids is 1. The topological polar surface area (TPSA) is 83.3 Å². The fourth-order valence-electron chi connectivity index (χ4n) is 5.04. The number of pyridine rings is 2. The third kappa shape index (κ3) is 4.24. The van der Waals surface area contributed by atoms with Crippen LogP contribution in [0.2, 0.25) is 0 Å². The Morgan fingerprint density at radius 3 is 2.61 bits per heavy atom. The lowest BCUT2D eigenvalue weighted by Gasteiger charge is -2.28. The fraction of sp³-hybridized carbons (Fsp3) is 0.214. The van der Waals surface area contributed by atoms with E-state index in [1.54, 1.807) is 24.5 Å². The van der Waals surface area contributed by atoms with E-state index in [2.05, 4.69) is 37.7 Å². The van der Waals surface area contributed by atoms with Crippen LogP contribution in [-0.4, -0.2) is 35.6 Å². The number of carbonyl (C=O) groups is 1. The van der Waals surface area contributed by atoms with Gasteiger partial charge in [-0.1, -0.05) is 18.2 Å². The van der Waals surface area contributed by atoms with Gasteiger partial charge in [0.05, 0.1) is 23.3 Å². The van der Waals surface area contributed by atoms with Crippen molar-refractivity contribution in [2.75, 3.05) is 0 Å². The Kier molecular flexibility index (Phi) is 6.28. The summed E-state index contributed by atoms with van der Waals surface area (Å²) < 4.78 is 2.14. The molecule has 7 nitrogen and oxygen atoms in total. The molecular weight excluding hydrogens is 470 g/mol. The van der Waals surface area contributed by atoms with Crippen molar-refractivity contribution in [1.82, 2.24) is 24.8 Å². The van der Waals surface area contributed by atoms with E-state index in [9.17, 15) is 9.90 Å². The van der Waals surface area contributed by atoms with Crippen LogP contribution < -0.4 is 5.32 Å². The third-order valence-electron chi connectivity index (χ3n) is 6.76. The number of rotatable bonds is 6. The summed E-state index contributed by atoms with van der Waals surface area (Å²) in [4.78, 5) is 22.8. The quantitative estimate of drug-likeness (QED) is 0.360. The predicted octanol–water partition coefficient (Wildman–Crippen LogP) is 5.06. The first-order chi connectivity index (χ1) is 17.3. The summed E-state index contributed by atoms with van der Waals surface area (Å²) in [5, 5.41) is 13.7. The Bertz CT molecular complexity index is 1440. The maximum atomic E-state index is 11.7. The number of carboxylic acid groups (broad SMARTS) is 1. The van der Waals surface area contributed by atoms with Crippen molar-refractivity contribution in [1.29, 1.82) is 0 Å². The van der Waals surface area contributed by atoms with E-state index in [4.69, 9.17) is 12.2 Å². The lowest BCUT2D eigenvalue weighted by molar-refractivity contribution is 0.0697. The number of nitrogens with zero attached hydrogens (tertiary/aromatic N) is 4. The molecule has 5 rings (SSSR count). The fourth-order valence-corrected chi connectivity index (χ4v) is 5.35. The maximum Gasteiger partial charge on any atom is 0.335 e. The first-order valence-corrected chi connectivity index (χ1v) is 12.2. The number of benzene rings is 1. The van der Waals surface area contributed by atoms with E-state index in [1.165, 1.54) is 0 Å². The molecule has 36 heavy (non-hydrogen) atoms.